The molecule has 3 nitrogen and oxygen atoms in total. The number of aryl methyl sites for hydroxylation is 1. The van der Waals surface area contributed by atoms with Gasteiger partial charge in [-0.1, -0.05) is 25.1 Å². The lowest BCUT2D eigenvalue weighted by Crippen LogP contribution is -2.03. The minimum atomic E-state index is -0.0770. The fourth-order valence-corrected chi connectivity index (χ4v) is 2.35. The molecule has 2 aromatic carbocycles. The average molecular weight is 267 g/mol. The van der Waals surface area contributed by atoms with Crippen LogP contribution in [0.25, 0.3) is 11.0 Å². The summed E-state index contributed by atoms with van der Waals surface area (Å²) in [5.41, 5.74) is 1.89. The molecule has 0 spiro atoms. The van der Waals surface area contributed by atoms with Gasteiger partial charge in [-0.25, -0.2) is 0 Å². The fourth-order valence-electron chi connectivity index (χ4n) is 2.35. The number of fused-ring (bicyclic) bond motifs is 1. The van der Waals surface area contributed by atoms with E-state index in [0.717, 1.165) is 11.0 Å². The van der Waals surface area contributed by atoms with E-state index < -0.39 is 0 Å². The number of furan rings is 1. The molecule has 0 fully saturated rings. The maximum Gasteiger partial charge on any atom is 1.00 e. The number of carbonyl (C=O) groups excluding carboxylic acids is 1. The lowest BCUT2D eigenvalue weighted by molar-refractivity contribution is 0.103. The summed E-state index contributed by atoms with van der Waals surface area (Å²) in [5, 5.41) is 10.1. The van der Waals surface area contributed by atoms with Gasteiger partial charge in [-0.05, 0) is 30.3 Å². The predicted octanol–water partition coefficient (Wildman–Crippen LogP) is 4.04. The molecule has 0 saturated heterocycles. The number of phenols is 1. The van der Waals surface area contributed by atoms with Crippen molar-refractivity contribution < 1.29 is 15.7 Å². The highest BCUT2D eigenvalue weighted by molar-refractivity contribution is 6.16. The van der Waals surface area contributed by atoms with E-state index in [-0.39, 0.29) is 13.0 Å². The number of hydrogen-bond acceptors (Lipinski definition) is 3. The quantitative estimate of drug-likeness (QED) is 0.728. The second kappa shape index (κ2) is 4.85. The van der Waals surface area contributed by atoms with E-state index in [9.17, 15) is 9.90 Å². The van der Waals surface area contributed by atoms with Crippen molar-refractivity contribution in [2.45, 2.75) is 13.3 Å². The van der Waals surface area contributed by atoms with Crippen LogP contribution in [0.1, 0.15) is 30.0 Å². The minimum Gasteiger partial charge on any atom is -0.508 e. The van der Waals surface area contributed by atoms with Crippen LogP contribution >= 0.6 is 0 Å². The highest BCUT2D eigenvalue weighted by Crippen LogP contribution is 2.28. The Morgan fingerprint density at radius 3 is 2.55 bits per heavy atom. The highest BCUT2D eigenvalue weighted by atomic mass is 16.3. The molecule has 0 aliphatic carbocycles. The smallest absolute Gasteiger partial charge is 0.508 e. The van der Waals surface area contributed by atoms with Crippen molar-refractivity contribution in [3.05, 3.63) is 65.4 Å². The fraction of sp³-hybridized carbons (Fsp3) is 0.118. The summed E-state index contributed by atoms with van der Waals surface area (Å²) in [5.74, 6) is 0.769. The summed E-state index contributed by atoms with van der Waals surface area (Å²) in [6.45, 7) is 1.96. The Balaban J connectivity index is 0.00000161. The van der Waals surface area contributed by atoms with Crippen LogP contribution in [0.3, 0.4) is 0 Å². The first kappa shape index (κ1) is 12.5. The van der Waals surface area contributed by atoms with Crippen molar-refractivity contribution in [3.8, 4) is 5.75 Å². The first-order valence-electron chi connectivity index (χ1n) is 6.55. The van der Waals surface area contributed by atoms with Crippen LogP contribution in [0.5, 0.6) is 5.75 Å². The number of aromatic hydroxyl groups is 1. The van der Waals surface area contributed by atoms with Gasteiger partial charge in [0.2, 0.25) is 0 Å². The molecular weight excluding hydrogens is 252 g/mol. The second-order valence-electron chi connectivity index (χ2n) is 4.63. The normalized spacial score (nSPS) is 10.8. The predicted molar refractivity (Wildman–Crippen MR) is 78.2 cm³/mol. The Kier molecular flexibility index (Phi) is 3.03. The average Bonchev–Trinajstić information content (AvgIpc) is 2.85. The number of hydrogen-bond donors (Lipinski definition) is 1. The van der Waals surface area contributed by atoms with Gasteiger partial charge in [0, 0.05) is 17.4 Å². The molecule has 100 valence electrons. The number of phenolic OH excluding ortho intramolecular Hbond substituents is 1. The molecule has 0 atom stereocenters. The Morgan fingerprint density at radius 2 is 1.85 bits per heavy atom. The van der Waals surface area contributed by atoms with Crippen molar-refractivity contribution in [1.82, 2.24) is 0 Å². The molecule has 3 rings (SSSR count). The van der Waals surface area contributed by atoms with Crippen molar-refractivity contribution >= 4 is 16.8 Å². The van der Waals surface area contributed by atoms with E-state index >= 15 is 0 Å². The van der Waals surface area contributed by atoms with Crippen LogP contribution in [0, 0.1) is 0 Å². The standard InChI is InChI=1S/C17H14O3/c1-2-14-16(13-5-3-4-6-15(13)20-14)17(19)11-7-9-12(18)10-8-11/h3-10,18H,2H2,1H3/p+1. The number of rotatable bonds is 3. The van der Waals surface area contributed by atoms with Gasteiger partial charge in [0.15, 0.2) is 5.78 Å². The van der Waals surface area contributed by atoms with Crippen LogP contribution in [-0.2, 0) is 6.42 Å². The van der Waals surface area contributed by atoms with Gasteiger partial charge in [0.25, 0.3) is 0 Å². The summed E-state index contributed by atoms with van der Waals surface area (Å²) < 4.78 is 5.74. The Labute approximate surface area is 117 Å². The zero-order valence-electron chi connectivity index (χ0n) is 12.1. The zero-order valence-corrected chi connectivity index (χ0v) is 11.1. The van der Waals surface area contributed by atoms with E-state index in [1.165, 1.54) is 12.1 Å². The Hall–Kier alpha value is -2.55. The Bertz CT molecular complexity index is 772. The molecule has 0 bridgehead atoms. The third-order valence-corrected chi connectivity index (χ3v) is 3.35. The molecule has 0 saturated carbocycles. The lowest BCUT2D eigenvalue weighted by Gasteiger charge is -2.02. The van der Waals surface area contributed by atoms with Crippen LogP contribution < -0.4 is 0 Å². The van der Waals surface area contributed by atoms with E-state index in [0.29, 0.717) is 23.3 Å². The molecule has 0 aliphatic rings. The van der Waals surface area contributed by atoms with Crippen LogP contribution in [0.2, 0.25) is 0 Å². The molecular formula is C17H15O3+. The van der Waals surface area contributed by atoms with Crippen LogP contribution in [-0.4, -0.2) is 10.9 Å². The minimum absolute atomic E-state index is 0. The molecule has 20 heavy (non-hydrogen) atoms. The van der Waals surface area contributed by atoms with Gasteiger partial charge in [0.05, 0.1) is 5.56 Å². The first-order chi connectivity index (χ1) is 9.70. The molecule has 3 aromatic rings. The summed E-state index contributed by atoms with van der Waals surface area (Å²) in [4.78, 5) is 12.7. The van der Waals surface area contributed by atoms with Crippen LogP contribution in [0.4, 0.5) is 0 Å². The van der Waals surface area contributed by atoms with Gasteiger partial charge in [-0.2, -0.15) is 0 Å². The number of ketones is 1. The highest BCUT2D eigenvalue weighted by Gasteiger charge is 2.20. The van der Waals surface area contributed by atoms with E-state index in [1.807, 2.05) is 31.2 Å². The van der Waals surface area contributed by atoms with Gasteiger partial charge in [-0.3, -0.25) is 4.79 Å². The molecule has 1 aromatic heterocycles. The Morgan fingerprint density at radius 1 is 1.15 bits per heavy atom. The van der Waals surface area contributed by atoms with Crippen molar-refractivity contribution in [3.63, 3.8) is 0 Å². The maximum absolute atomic E-state index is 12.7. The number of benzene rings is 2. The SMILES string of the molecule is CCc1oc2ccccc2c1C(=O)c1ccc(O)cc1.[H+]. The summed E-state index contributed by atoms with van der Waals surface area (Å²) in [6.07, 6.45) is 0.661. The zero-order chi connectivity index (χ0) is 14.1. The summed E-state index contributed by atoms with van der Waals surface area (Å²) in [7, 11) is 0. The molecule has 0 unspecified atom stereocenters. The number of carbonyl (C=O) groups is 1. The third-order valence-electron chi connectivity index (χ3n) is 3.35. The molecule has 3 heteroatoms. The van der Waals surface area contributed by atoms with Crippen molar-refractivity contribution in [1.29, 1.82) is 0 Å². The largest absolute Gasteiger partial charge is 1.00 e. The van der Waals surface area contributed by atoms with Gasteiger partial charge < -0.3 is 9.52 Å². The van der Waals surface area contributed by atoms with Crippen molar-refractivity contribution in [2.75, 3.05) is 0 Å². The molecule has 0 aliphatic heterocycles. The summed E-state index contributed by atoms with van der Waals surface area (Å²) >= 11 is 0. The third kappa shape index (κ3) is 1.97. The van der Waals surface area contributed by atoms with Gasteiger partial charge in [0.1, 0.15) is 17.1 Å². The monoisotopic (exact) mass is 267 g/mol. The molecule has 1 heterocycles. The molecule has 1 N–H and O–H groups in total. The van der Waals surface area contributed by atoms with Gasteiger partial charge >= 0.3 is 1.43 Å². The molecule has 0 amide bonds. The lowest BCUT2D eigenvalue weighted by atomic mass is 9.99. The number of para-hydroxylation sites is 1. The van der Waals surface area contributed by atoms with Gasteiger partial charge in [-0.15, -0.1) is 0 Å². The maximum atomic E-state index is 12.7. The first-order valence-corrected chi connectivity index (χ1v) is 6.55. The summed E-state index contributed by atoms with van der Waals surface area (Å²) in [6, 6.07) is 13.8. The topological polar surface area (TPSA) is 50.4 Å². The van der Waals surface area contributed by atoms with E-state index in [1.54, 1.807) is 12.1 Å². The van der Waals surface area contributed by atoms with Crippen LogP contribution in [0.15, 0.2) is 52.9 Å². The second-order valence-corrected chi connectivity index (χ2v) is 4.63. The van der Waals surface area contributed by atoms with Crippen molar-refractivity contribution in [2.24, 2.45) is 0 Å². The van der Waals surface area contributed by atoms with E-state index in [4.69, 9.17) is 4.42 Å². The molecule has 0 radical (unpaired) electrons. The van der Waals surface area contributed by atoms with E-state index in [2.05, 4.69) is 0 Å².